The fourth-order valence-electron chi connectivity index (χ4n) is 1.83. The number of aromatic nitrogens is 2. The predicted molar refractivity (Wildman–Crippen MR) is 65.6 cm³/mol. The number of rotatable bonds is 7. The lowest BCUT2D eigenvalue weighted by Gasteiger charge is -2.21. The van der Waals surface area contributed by atoms with E-state index in [9.17, 15) is 0 Å². The molecule has 0 aliphatic rings. The van der Waals surface area contributed by atoms with Crippen LogP contribution in [0.15, 0.2) is 6.20 Å². The van der Waals surface area contributed by atoms with Gasteiger partial charge in [0.1, 0.15) is 0 Å². The summed E-state index contributed by atoms with van der Waals surface area (Å²) in [6, 6.07) is -0.0395. The lowest BCUT2D eigenvalue weighted by molar-refractivity contribution is 0.0990. The quantitative estimate of drug-likeness (QED) is 0.547. The third-order valence-corrected chi connectivity index (χ3v) is 2.87. The molecular formula is C11H22N4O2. The smallest absolute Gasteiger partial charge is 0.161 e. The van der Waals surface area contributed by atoms with E-state index in [0.717, 1.165) is 24.4 Å². The largest absolute Gasteiger partial charge is 0.493 e. The van der Waals surface area contributed by atoms with E-state index in [1.54, 1.807) is 20.4 Å². The van der Waals surface area contributed by atoms with Crippen LogP contribution in [0.5, 0.6) is 5.75 Å². The Morgan fingerprint density at radius 2 is 2.24 bits per heavy atom. The molecule has 6 nitrogen and oxygen atoms in total. The van der Waals surface area contributed by atoms with E-state index < -0.39 is 0 Å². The average Bonchev–Trinajstić information content (AvgIpc) is 2.78. The minimum atomic E-state index is -0.0395. The van der Waals surface area contributed by atoms with Crippen molar-refractivity contribution in [2.75, 3.05) is 14.2 Å². The molecule has 0 fully saturated rings. The van der Waals surface area contributed by atoms with Crippen LogP contribution >= 0.6 is 0 Å². The van der Waals surface area contributed by atoms with Crippen molar-refractivity contribution in [3.05, 3.63) is 11.9 Å². The number of aryl methyl sites for hydroxylation is 1. The first-order valence-corrected chi connectivity index (χ1v) is 5.76. The van der Waals surface area contributed by atoms with Gasteiger partial charge in [0, 0.05) is 13.7 Å². The van der Waals surface area contributed by atoms with Crippen LogP contribution in [-0.4, -0.2) is 30.1 Å². The molecule has 3 N–H and O–H groups in total. The number of nitrogens with one attached hydrogen (secondary N) is 1. The summed E-state index contributed by atoms with van der Waals surface area (Å²) in [5.41, 5.74) is 3.76. The van der Waals surface area contributed by atoms with Crippen LogP contribution in [0.3, 0.4) is 0 Å². The Morgan fingerprint density at radius 1 is 1.53 bits per heavy atom. The van der Waals surface area contributed by atoms with Gasteiger partial charge in [-0.25, -0.2) is 0 Å². The van der Waals surface area contributed by atoms with E-state index >= 15 is 0 Å². The minimum Gasteiger partial charge on any atom is -0.493 e. The molecule has 2 unspecified atom stereocenters. The Morgan fingerprint density at radius 3 is 2.71 bits per heavy atom. The van der Waals surface area contributed by atoms with Gasteiger partial charge in [-0.05, 0) is 20.3 Å². The van der Waals surface area contributed by atoms with Crippen LogP contribution in [-0.2, 0) is 11.3 Å². The Balaban J connectivity index is 2.96. The van der Waals surface area contributed by atoms with E-state index in [2.05, 4.69) is 10.5 Å². The van der Waals surface area contributed by atoms with Gasteiger partial charge in [0.25, 0.3) is 0 Å². The van der Waals surface area contributed by atoms with Crippen molar-refractivity contribution >= 4 is 0 Å². The highest BCUT2D eigenvalue weighted by molar-refractivity contribution is 5.28. The second-order valence-electron chi connectivity index (χ2n) is 3.92. The molecule has 1 heterocycles. The zero-order valence-electron chi connectivity index (χ0n) is 10.9. The fraction of sp³-hybridized carbons (Fsp3) is 0.727. The summed E-state index contributed by atoms with van der Waals surface area (Å²) in [5.74, 6) is 6.36. The normalized spacial score (nSPS) is 14.6. The molecule has 0 amide bonds. The van der Waals surface area contributed by atoms with Gasteiger partial charge in [-0.1, -0.05) is 0 Å². The van der Waals surface area contributed by atoms with Crippen molar-refractivity contribution in [1.82, 2.24) is 15.2 Å². The number of hydrogen-bond donors (Lipinski definition) is 2. The van der Waals surface area contributed by atoms with Crippen molar-refractivity contribution in [1.29, 1.82) is 0 Å². The molecule has 0 bridgehead atoms. The predicted octanol–water partition coefficient (Wildman–Crippen LogP) is 0.841. The molecule has 17 heavy (non-hydrogen) atoms. The van der Waals surface area contributed by atoms with Gasteiger partial charge in [-0.2, -0.15) is 5.10 Å². The molecule has 0 saturated heterocycles. The molecule has 98 valence electrons. The number of hydrazine groups is 1. The summed E-state index contributed by atoms with van der Waals surface area (Å²) in [7, 11) is 3.32. The molecule has 1 aromatic rings. The van der Waals surface area contributed by atoms with Crippen molar-refractivity contribution < 1.29 is 9.47 Å². The monoisotopic (exact) mass is 242 g/mol. The first kappa shape index (κ1) is 14.0. The van der Waals surface area contributed by atoms with E-state index in [1.165, 1.54) is 0 Å². The number of nitrogens with two attached hydrogens (primary N) is 1. The SMILES string of the molecule is CCn1ncc(OC)c1C(CC(C)OC)NN. The van der Waals surface area contributed by atoms with Crippen molar-refractivity contribution in [3.63, 3.8) is 0 Å². The summed E-state index contributed by atoms with van der Waals surface area (Å²) < 4.78 is 12.4. The Bertz CT molecular complexity index is 319. The van der Waals surface area contributed by atoms with Crippen LogP contribution in [0.25, 0.3) is 0 Å². The Hall–Kier alpha value is -1.11. The highest BCUT2D eigenvalue weighted by atomic mass is 16.5. The number of hydrogen-bond acceptors (Lipinski definition) is 5. The van der Waals surface area contributed by atoms with Crippen molar-refractivity contribution in [2.45, 2.75) is 39.0 Å². The van der Waals surface area contributed by atoms with Gasteiger partial charge in [0.2, 0.25) is 0 Å². The zero-order chi connectivity index (χ0) is 12.8. The first-order valence-electron chi connectivity index (χ1n) is 5.76. The molecule has 1 rings (SSSR count). The minimum absolute atomic E-state index is 0.0395. The molecule has 6 heteroatoms. The van der Waals surface area contributed by atoms with Crippen LogP contribution in [0.4, 0.5) is 0 Å². The van der Waals surface area contributed by atoms with E-state index in [1.807, 2.05) is 18.5 Å². The third-order valence-electron chi connectivity index (χ3n) is 2.87. The summed E-state index contributed by atoms with van der Waals surface area (Å²) in [6.45, 7) is 4.81. The standard InChI is InChI=1S/C11H22N4O2/c1-5-15-11(10(17-4)7-13-15)9(14-12)6-8(2)16-3/h7-9,14H,5-6,12H2,1-4H3. The maximum atomic E-state index is 5.61. The first-order chi connectivity index (χ1) is 8.17. The average molecular weight is 242 g/mol. The molecule has 0 radical (unpaired) electrons. The van der Waals surface area contributed by atoms with Crippen molar-refractivity contribution in [3.8, 4) is 5.75 Å². The second-order valence-corrected chi connectivity index (χ2v) is 3.92. The molecule has 2 atom stereocenters. The second kappa shape index (κ2) is 6.58. The van der Waals surface area contributed by atoms with Gasteiger partial charge < -0.3 is 9.47 Å². The number of methoxy groups -OCH3 is 2. The Labute approximate surface area is 102 Å². The molecule has 0 spiro atoms. The van der Waals surface area contributed by atoms with Gasteiger partial charge in [-0.3, -0.25) is 16.0 Å². The Kier molecular flexibility index (Phi) is 5.40. The topological polar surface area (TPSA) is 74.3 Å². The maximum Gasteiger partial charge on any atom is 0.161 e. The van der Waals surface area contributed by atoms with E-state index in [4.69, 9.17) is 15.3 Å². The van der Waals surface area contributed by atoms with Crippen LogP contribution < -0.4 is 16.0 Å². The lowest BCUT2D eigenvalue weighted by Crippen LogP contribution is -2.32. The van der Waals surface area contributed by atoms with Gasteiger partial charge >= 0.3 is 0 Å². The summed E-state index contributed by atoms with van der Waals surface area (Å²) >= 11 is 0. The van der Waals surface area contributed by atoms with E-state index in [-0.39, 0.29) is 12.1 Å². The van der Waals surface area contributed by atoms with Crippen LogP contribution in [0.1, 0.15) is 32.0 Å². The van der Waals surface area contributed by atoms with Crippen molar-refractivity contribution in [2.24, 2.45) is 5.84 Å². The summed E-state index contributed by atoms with van der Waals surface area (Å²) in [4.78, 5) is 0. The molecule has 0 aliphatic carbocycles. The molecule has 0 aliphatic heterocycles. The number of nitrogens with zero attached hydrogens (tertiary/aromatic N) is 2. The van der Waals surface area contributed by atoms with Gasteiger partial charge in [0.05, 0.1) is 31.1 Å². The lowest BCUT2D eigenvalue weighted by atomic mass is 10.1. The molecular weight excluding hydrogens is 220 g/mol. The molecule has 1 aromatic heterocycles. The highest BCUT2D eigenvalue weighted by Gasteiger charge is 2.22. The van der Waals surface area contributed by atoms with Gasteiger partial charge in [-0.15, -0.1) is 0 Å². The van der Waals surface area contributed by atoms with Crippen LogP contribution in [0.2, 0.25) is 0 Å². The highest BCUT2D eigenvalue weighted by Crippen LogP contribution is 2.27. The fourth-order valence-corrected chi connectivity index (χ4v) is 1.83. The third kappa shape index (κ3) is 3.18. The van der Waals surface area contributed by atoms with E-state index in [0.29, 0.717) is 0 Å². The summed E-state index contributed by atoms with van der Waals surface area (Å²) in [6.07, 6.45) is 2.58. The van der Waals surface area contributed by atoms with Gasteiger partial charge in [0.15, 0.2) is 5.75 Å². The summed E-state index contributed by atoms with van der Waals surface area (Å²) in [5, 5.41) is 4.26. The number of ether oxygens (including phenoxy) is 2. The molecule has 0 saturated carbocycles. The molecule has 0 aromatic carbocycles. The zero-order valence-corrected chi connectivity index (χ0v) is 10.9. The van der Waals surface area contributed by atoms with Crippen LogP contribution in [0, 0.1) is 0 Å². The maximum absolute atomic E-state index is 5.61.